The summed E-state index contributed by atoms with van der Waals surface area (Å²) in [6.07, 6.45) is 2.49. The molecule has 1 amide bonds. The highest BCUT2D eigenvalue weighted by Crippen LogP contribution is 2.16. The van der Waals surface area contributed by atoms with E-state index in [1.165, 1.54) is 5.56 Å². The number of carbonyl (C=O) groups is 1. The molecule has 0 radical (unpaired) electrons. The number of pyridine rings is 1. The number of hydrogen-bond acceptors (Lipinski definition) is 4. The average molecular weight is 361 g/mol. The fourth-order valence-corrected chi connectivity index (χ4v) is 2.71. The first-order chi connectivity index (χ1) is 13.2. The van der Waals surface area contributed by atoms with Crippen LogP contribution >= 0.6 is 0 Å². The van der Waals surface area contributed by atoms with Gasteiger partial charge in [-0.05, 0) is 48.4 Å². The van der Waals surface area contributed by atoms with Crippen LogP contribution in [0.15, 0.2) is 72.9 Å². The molecule has 138 valence electrons. The molecule has 5 heteroatoms. The largest absolute Gasteiger partial charge is 0.497 e. The summed E-state index contributed by atoms with van der Waals surface area (Å²) >= 11 is 0. The minimum Gasteiger partial charge on any atom is -0.497 e. The molecular formula is C22H23N3O2. The first kappa shape index (κ1) is 18.5. The first-order valence-corrected chi connectivity index (χ1v) is 8.83. The van der Waals surface area contributed by atoms with Crippen molar-refractivity contribution in [2.75, 3.05) is 30.9 Å². The van der Waals surface area contributed by atoms with Gasteiger partial charge < -0.3 is 15.0 Å². The van der Waals surface area contributed by atoms with Gasteiger partial charge in [-0.2, -0.15) is 0 Å². The van der Waals surface area contributed by atoms with Gasteiger partial charge in [0.2, 0.25) is 0 Å². The van der Waals surface area contributed by atoms with Gasteiger partial charge in [0, 0.05) is 25.5 Å². The van der Waals surface area contributed by atoms with Crippen LogP contribution in [0.5, 0.6) is 5.75 Å². The predicted molar refractivity (Wildman–Crippen MR) is 109 cm³/mol. The minimum atomic E-state index is -0.0847. The van der Waals surface area contributed by atoms with Gasteiger partial charge in [0.15, 0.2) is 0 Å². The Balaban J connectivity index is 1.54. The zero-order chi connectivity index (χ0) is 19.1. The third kappa shape index (κ3) is 4.85. The third-order valence-corrected chi connectivity index (χ3v) is 4.34. The molecule has 0 unspecified atom stereocenters. The topological polar surface area (TPSA) is 54.5 Å². The molecule has 0 saturated carbocycles. The van der Waals surface area contributed by atoms with Gasteiger partial charge in [-0.25, -0.2) is 4.98 Å². The summed E-state index contributed by atoms with van der Waals surface area (Å²) in [6.45, 7) is 0.760. The number of hydrogen-bond donors (Lipinski definition) is 1. The highest BCUT2D eigenvalue weighted by molar-refractivity contribution is 6.05. The van der Waals surface area contributed by atoms with Crippen molar-refractivity contribution in [3.8, 4) is 5.75 Å². The van der Waals surface area contributed by atoms with E-state index in [0.29, 0.717) is 5.56 Å². The van der Waals surface area contributed by atoms with Gasteiger partial charge in [-0.3, -0.25) is 4.79 Å². The number of benzene rings is 2. The number of nitrogens with one attached hydrogen (secondary N) is 1. The van der Waals surface area contributed by atoms with Crippen molar-refractivity contribution in [1.29, 1.82) is 0 Å². The van der Waals surface area contributed by atoms with Crippen LogP contribution in [0.3, 0.4) is 0 Å². The maximum atomic E-state index is 12.6. The Bertz CT molecular complexity index is 862. The Morgan fingerprint density at radius 3 is 2.41 bits per heavy atom. The lowest BCUT2D eigenvalue weighted by atomic mass is 10.1. The smallest absolute Gasteiger partial charge is 0.259 e. The summed E-state index contributed by atoms with van der Waals surface area (Å²) in [5.74, 6) is 1.52. The van der Waals surface area contributed by atoms with E-state index in [-0.39, 0.29) is 5.91 Å². The summed E-state index contributed by atoms with van der Waals surface area (Å²) in [4.78, 5) is 18.5. The van der Waals surface area contributed by atoms with Crippen molar-refractivity contribution in [3.05, 3.63) is 84.1 Å². The zero-order valence-corrected chi connectivity index (χ0v) is 15.6. The summed E-state index contributed by atoms with van der Waals surface area (Å²) in [5, 5.41) is 3.28. The van der Waals surface area contributed by atoms with Crippen LogP contribution in [0.1, 0.15) is 15.9 Å². The second kappa shape index (κ2) is 8.85. The lowest BCUT2D eigenvalue weighted by Gasteiger charge is -2.17. The Morgan fingerprint density at radius 1 is 1.04 bits per heavy atom. The number of carbonyl (C=O) groups excluding carboxylic acids is 1. The van der Waals surface area contributed by atoms with Gasteiger partial charge in [0.1, 0.15) is 11.6 Å². The zero-order valence-electron chi connectivity index (χ0n) is 15.6. The van der Waals surface area contributed by atoms with Gasteiger partial charge >= 0.3 is 0 Å². The van der Waals surface area contributed by atoms with Crippen LogP contribution < -0.4 is 15.0 Å². The highest BCUT2D eigenvalue weighted by atomic mass is 16.5. The van der Waals surface area contributed by atoms with E-state index >= 15 is 0 Å². The molecule has 1 N–H and O–H groups in total. The number of ether oxygens (including phenoxy) is 1. The van der Waals surface area contributed by atoms with Crippen molar-refractivity contribution >= 4 is 17.4 Å². The molecule has 0 bridgehead atoms. The second-order valence-electron chi connectivity index (χ2n) is 6.16. The van der Waals surface area contributed by atoms with E-state index in [1.807, 2.05) is 48.5 Å². The van der Waals surface area contributed by atoms with Crippen LogP contribution in [0.4, 0.5) is 11.5 Å². The average Bonchev–Trinajstić information content (AvgIpc) is 2.74. The Kier molecular flexibility index (Phi) is 6.05. The van der Waals surface area contributed by atoms with Gasteiger partial charge in [0.05, 0.1) is 12.7 Å². The molecule has 2 aromatic carbocycles. The molecule has 27 heavy (non-hydrogen) atoms. The van der Waals surface area contributed by atoms with E-state index in [9.17, 15) is 4.79 Å². The third-order valence-electron chi connectivity index (χ3n) is 4.34. The molecule has 0 saturated heterocycles. The van der Waals surface area contributed by atoms with E-state index in [2.05, 4.69) is 22.4 Å². The lowest BCUT2D eigenvalue weighted by Crippen LogP contribution is -2.26. The van der Waals surface area contributed by atoms with Crippen molar-refractivity contribution in [1.82, 2.24) is 4.98 Å². The van der Waals surface area contributed by atoms with Crippen LogP contribution in [-0.4, -0.2) is 31.6 Å². The molecule has 0 aliphatic heterocycles. The van der Waals surface area contributed by atoms with Crippen molar-refractivity contribution in [2.24, 2.45) is 0 Å². The van der Waals surface area contributed by atoms with Crippen LogP contribution in [-0.2, 0) is 6.42 Å². The molecule has 1 aromatic heterocycles. The van der Waals surface area contributed by atoms with E-state index in [0.717, 1.165) is 30.2 Å². The SMILES string of the molecule is COc1ccc(CCNc2ccc(C(=O)N(C)c3ccccc3)cn2)cc1. The molecule has 0 atom stereocenters. The number of anilines is 2. The number of methoxy groups -OCH3 is 1. The summed E-state index contributed by atoms with van der Waals surface area (Å²) in [5.41, 5.74) is 2.63. The first-order valence-electron chi connectivity index (χ1n) is 8.83. The molecular weight excluding hydrogens is 338 g/mol. The minimum absolute atomic E-state index is 0.0847. The summed E-state index contributed by atoms with van der Waals surface area (Å²) in [6, 6.07) is 21.2. The quantitative estimate of drug-likeness (QED) is 0.690. The molecule has 0 fully saturated rings. The maximum Gasteiger partial charge on any atom is 0.259 e. The van der Waals surface area contributed by atoms with Crippen molar-refractivity contribution < 1.29 is 9.53 Å². The monoisotopic (exact) mass is 361 g/mol. The van der Waals surface area contributed by atoms with E-state index < -0.39 is 0 Å². The van der Waals surface area contributed by atoms with Gasteiger partial charge in [-0.15, -0.1) is 0 Å². The number of amides is 1. The Labute approximate surface area is 159 Å². The molecule has 0 aliphatic rings. The molecule has 0 spiro atoms. The van der Waals surface area contributed by atoms with E-state index in [1.54, 1.807) is 31.3 Å². The van der Waals surface area contributed by atoms with Crippen LogP contribution in [0.25, 0.3) is 0 Å². The number of nitrogens with zero attached hydrogens (tertiary/aromatic N) is 2. The number of aromatic nitrogens is 1. The fourth-order valence-electron chi connectivity index (χ4n) is 2.71. The molecule has 5 nitrogen and oxygen atoms in total. The molecule has 0 aliphatic carbocycles. The highest BCUT2D eigenvalue weighted by Gasteiger charge is 2.13. The standard InChI is InChI=1S/C22H23N3O2/c1-25(19-6-4-3-5-7-19)22(26)18-10-13-21(24-16-18)23-15-14-17-8-11-20(27-2)12-9-17/h3-13,16H,14-15H2,1-2H3,(H,23,24). The van der Waals surface area contributed by atoms with Crippen molar-refractivity contribution in [3.63, 3.8) is 0 Å². The summed E-state index contributed by atoms with van der Waals surface area (Å²) < 4.78 is 5.16. The number of rotatable bonds is 7. The Morgan fingerprint density at radius 2 is 1.78 bits per heavy atom. The van der Waals surface area contributed by atoms with Gasteiger partial charge in [-0.1, -0.05) is 30.3 Å². The molecule has 3 aromatic rings. The maximum absolute atomic E-state index is 12.6. The molecule has 3 rings (SSSR count). The predicted octanol–water partition coefficient (Wildman–Crippen LogP) is 4.02. The Hall–Kier alpha value is -3.34. The van der Waals surface area contributed by atoms with Crippen LogP contribution in [0, 0.1) is 0 Å². The fraction of sp³-hybridized carbons (Fsp3) is 0.182. The lowest BCUT2D eigenvalue weighted by molar-refractivity contribution is 0.0992. The van der Waals surface area contributed by atoms with E-state index in [4.69, 9.17) is 4.74 Å². The van der Waals surface area contributed by atoms with Crippen LogP contribution in [0.2, 0.25) is 0 Å². The second-order valence-corrected chi connectivity index (χ2v) is 6.16. The number of para-hydroxylation sites is 1. The van der Waals surface area contributed by atoms with Crippen molar-refractivity contribution in [2.45, 2.75) is 6.42 Å². The summed E-state index contributed by atoms with van der Waals surface area (Å²) in [7, 11) is 3.42. The normalized spacial score (nSPS) is 10.3. The molecule has 1 heterocycles. The van der Waals surface area contributed by atoms with Gasteiger partial charge in [0.25, 0.3) is 5.91 Å².